The highest BCUT2D eigenvalue weighted by molar-refractivity contribution is 5.58. The van der Waals surface area contributed by atoms with Crippen molar-refractivity contribution >= 4 is 5.82 Å². The third-order valence-corrected chi connectivity index (χ3v) is 4.96. The van der Waals surface area contributed by atoms with E-state index in [2.05, 4.69) is 33.0 Å². The summed E-state index contributed by atoms with van der Waals surface area (Å²) in [7, 11) is 1.99. The molecule has 3 aromatic heterocycles. The fourth-order valence-electron chi connectivity index (χ4n) is 3.54. The first kappa shape index (κ1) is 15.7. The Morgan fingerprint density at radius 2 is 1.92 bits per heavy atom. The number of hydrogen-bond acceptors (Lipinski definition) is 5. The third kappa shape index (κ3) is 2.88. The maximum Gasteiger partial charge on any atom is 0.161 e. The number of rotatable bonds is 3. The second kappa shape index (κ2) is 6.27. The molecule has 0 N–H and O–H groups in total. The van der Waals surface area contributed by atoms with Crippen molar-refractivity contribution in [3.63, 3.8) is 0 Å². The summed E-state index contributed by atoms with van der Waals surface area (Å²) in [5, 5.41) is 4.42. The van der Waals surface area contributed by atoms with E-state index in [1.165, 1.54) is 11.3 Å². The highest BCUT2D eigenvalue weighted by Gasteiger charge is 2.30. The molecule has 4 heterocycles. The third-order valence-electron chi connectivity index (χ3n) is 4.96. The zero-order valence-corrected chi connectivity index (χ0v) is 14.8. The lowest BCUT2D eigenvalue weighted by molar-refractivity contribution is 0.693. The smallest absolute Gasteiger partial charge is 0.161 e. The van der Waals surface area contributed by atoms with Gasteiger partial charge in [-0.3, -0.25) is 9.67 Å². The summed E-state index contributed by atoms with van der Waals surface area (Å²) in [5.41, 5.74) is 4.48. The topological polar surface area (TPSA) is 59.7 Å². The van der Waals surface area contributed by atoms with Crippen LogP contribution < -0.4 is 4.90 Å². The van der Waals surface area contributed by atoms with Crippen LogP contribution in [-0.2, 0) is 7.05 Å². The van der Waals surface area contributed by atoms with Crippen LogP contribution in [0.4, 0.5) is 5.82 Å². The van der Waals surface area contributed by atoms with Gasteiger partial charge in [0.25, 0.3) is 0 Å². The van der Waals surface area contributed by atoms with E-state index in [9.17, 15) is 0 Å². The van der Waals surface area contributed by atoms with Crippen molar-refractivity contribution in [2.45, 2.75) is 32.7 Å². The van der Waals surface area contributed by atoms with Crippen LogP contribution >= 0.6 is 0 Å². The average Bonchev–Trinajstić information content (AvgIpc) is 3.23. The number of aryl methyl sites for hydroxylation is 2. The van der Waals surface area contributed by atoms with Gasteiger partial charge in [-0.2, -0.15) is 5.10 Å². The van der Waals surface area contributed by atoms with Crippen LogP contribution in [0.1, 0.15) is 35.8 Å². The molecule has 0 aliphatic carbocycles. The minimum atomic E-state index is 0.327. The number of anilines is 1. The van der Waals surface area contributed by atoms with Crippen LogP contribution in [0, 0.1) is 13.8 Å². The second-order valence-electron chi connectivity index (χ2n) is 6.59. The molecule has 128 valence electrons. The monoisotopic (exact) mass is 334 g/mol. The predicted molar refractivity (Wildman–Crippen MR) is 97.3 cm³/mol. The van der Waals surface area contributed by atoms with Gasteiger partial charge in [0.15, 0.2) is 5.82 Å². The van der Waals surface area contributed by atoms with E-state index in [-0.39, 0.29) is 0 Å². The summed E-state index contributed by atoms with van der Waals surface area (Å²) in [4.78, 5) is 15.9. The van der Waals surface area contributed by atoms with Gasteiger partial charge in [0.05, 0.1) is 12.2 Å². The van der Waals surface area contributed by atoms with E-state index in [4.69, 9.17) is 4.98 Å². The first-order valence-corrected chi connectivity index (χ1v) is 8.64. The van der Waals surface area contributed by atoms with Crippen molar-refractivity contribution < 1.29 is 0 Å². The zero-order valence-electron chi connectivity index (χ0n) is 14.8. The van der Waals surface area contributed by atoms with Crippen LogP contribution in [0.15, 0.2) is 36.8 Å². The molecular formula is C19H22N6. The second-order valence-corrected chi connectivity index (χ2v) is 6.59. The van der Waals surface area contributed by atoms with Crippen molar-refractivity contribution in [2.75, 3.05) is 11.4 Å². The highest BCUT2D eigenvalue weighted by atomic mass is 15.3. The molecule has 1 aliphatic rings. The molecule has 1 atom stereocenters. The van der Waals surface area contributed by atoms with E-state index < -0.39 is 0 Å². The molecule has 0 bridgehead atoms. The van der Waals surface area contributed by atoms with E-state index in [1.807, 2.05) is 37.0 Å². The van der Waals surface area contributed by atoms with Gasteiger partial charge in [-0.05, 0) is 38.8 Å². The Labute approximate surface area is 147 Å². The van der Waals surface area contributed by atoms with Crippen LogP contribution in [-0.4, -0.2) is 31.3 Å². The highest BCUT2D eigenvalue weighted by Crippen LogP contribution is 2.37. The molecule has 0 radical (unpaired) electrons. The van der Waals surface area contributed by atoms with Crippen molar-refractivity contribution in [1.82, 2.24) is 24.7 Å². The Balaban J connectivity index is 1.73. The molecule has 6 heteroatoms. The van der Waals surface area contributed by atoms with Gasteiger partial charge in [-0.25, -0.2) is 9.97 Å². The molecule has 0 unspecified atom stereocenters. The summed E-state index contributed by atoms with van der Waals surface area (Å²) < 4.78 is 1.94. The SMILES string of the molecule is Cc1cc(N2CCC[C@H]2c2cnn(C)c2C)nc(-c2ccncc2)n1. The lowest BCUT2D eigenvalue weighted by Crippen LogP contribution is -2.24. The van der Waals surface area contributed by atoms with Crippen LogP contribution in [0.3, 0.4) is 0 Å². The minimum Gasteiger partial charge on any atom is -0.349 e. The molecule has 0 saturated carbocycles. The molecular weight excluding hydrogens is 312 g/mol. The lowest BCUT2D eigenvalue weighted by Gasteiger charge is -2.26. The fourth-order valence-corrected chi connectivity index (χ4v) is 3.54. The van der Waals surface area contributed by atoms with Gasteiger partial charge < -0.3 is 4.90 Å². The van der Waals surface area contributed by atoms with Gasteiger partial charge >= 0.3 is 0 Å². The molecule has 0 spiro atoms. The lowest BCUT2D eigenvalue weighted by atomic mass is 10.1. The van der Waals surface area contributed by atoms with Crippen molar-refractivity contribution in [2.24, 2.45) is 7.05 Å². The summed E-state index contributed by atoms with van der Waals surface area (Å²) in [6.07, 6.45) is 7.83. The van der Waals surface area contributed by atoms with E-state index in [0.717, 1.165) is 42.3 Å². The Morgan fingerprint density at radius 1 is 1.12 bits per heavy atom. The van der Waals surface area contributed by atoms with Crippen molar-refractivity contribution in [1.29, 1.82) is 0 Å². The van der Waals surface area contributed by atoms with Gasteiger partial charge in [-0.15, -0.1) is 0 Å². The minimum absolute atomic E-state index is 0.327. The molecule has 0 amide bonds. The van der Waals surface area contributed by atoms with Gasteiger partial charge in [0.2, 0.25) is 0 Å². The van der Waals surface area contributed by atoms with Crippen LogP contribution in [0.2, 0.25) is 0 Å². The first-order chi connectivity index (χ1) is 12.1. The van der Waals surface area contributed by atoms with E-state index in [1.54, 1.807) is 12.4 Å². The Morgan fingerprint density at radius 3 is 2.64 bits per heavy atom. The maximum atomic E-state index is 4.86. The Kier molecular flexibility index (Phi) is 3.95. The van der Waals surface area contributed by atoms with Gasteiger partial charge in [-0.1, -0.05) is 0 Å². The van der Waals surface area contributed by atoms with Crippen LogP contribution in [0.5, 0.6) is 0 Å². The number of hydrogen-bond donors (Lipinski definition) is 0. The van der Waals surface area contributed by atoms with E-state index in [0.29, 0.717) is 6.04 Å². The zero-order chi connectivity index (χ0) is 17.4. The number of pyridine rings is 1. The molecule has 3 aromatic rings. The standard InChI is InChI=1S/C19H22N6/c1-13-11-18(23-19(22-13)15-6-8-20-9-7-15)25-10-4-5-17(25)16-12-21-24(3)14(16)2/h6-9,11-12,17H,4-5,10H2,1-3H3/t17-/m0/s1. The summed E-state index contributed by atoms with van der Waals surface area (Å²) >= 11 is 0. The predicted octanol–water partition coefficient (Wildman–Crippen LogP) is 3.23. The maximum absolute atomic E-state index is 4.86. The number of nitrogens with zero attached hydrogens (tertiary/aromatic N) is 6. The quantitative estimate of drug-likeness (QED) is 0.736. The Bertz CT molecular complexity index is 886. The molecule has 25 heavy (non-hydrogen) atoms. The van der Waals surface area contributed by atoms with E-state index >= 15 is 0 Å². The van der Waals surface area contributed by atoms with Gasteiger partial charge in [0, 0.05) is 54.6 Å². The molecule has 1 fully saturated rings. The summed E-state index contributed by atoms with van der Waals surface area (Å²) in [6.45, 7) is 5.16. The van der Waals surface area contributed by atoms with Gasteiger partial charge in [0.1, 0.15) is 5.82 Å². The fraction of sp³-hybridized carbons (Fsp3) is 0.368. The summed E-state index contributed by atoms with van der Waals surface area (Å²) in [6, 6.07) is 6.30. The Hall–Kier alpha value is -2.76. The molecule has 6 nitrogen and oxygen atoms in total. The normalized spacial score (nSPS) is 17.2. The summed E-state index contributed by atoms with van der Waals surface area (Å²) in [5.74, 6) is 1.75. The largest absolute Gasteiger partial charge is 0.349 e. The molecule has 4 rings (SSSR count). The van der Waals surface area contributed by atoms with Crippen molar-refractivity contribution in [3.8, 4) is 11.4 Å². The van der Waals surface area contributed by atoms with Crippen molar-refractivity contribution in [3.05, 3.63) is 53.7 Å². The van der Waals surface area contributed by atoms with Crippen LogP contribution in [0.25, 0.3) is 11.4 Å². The first-order valence-electron chi connectivity index (χ1n) is 8.64. The molecule has 1 saturated heterocycles. The number of aromatic nitrogens is 5. The average molecular weight is 334 g/mol. The molecule has 0 aromatic carbocycles. The molecule has 1 aliphatic heterocycles.